The number of rotatable bonds is 3. The molecule has 0 aliphatic heterocycles. The van der Waals surface area contributed by atoms with Gasteiger partial charge in [0.05, 0.1) is 10.5 Å². The molecule has 0 bridgehead atoms. The van der Waals surface area contributed by atoms with Crippen LogP contribution in [0.3, 0.4) is 0 Å². The van der Waals surface area contributed by atoms with Crippen molar-refractivity contribution < 1.29 is 4.39 Å². The van der Waals surface area contributed by atoms with E-state index < -0.39 is 0 Å². The first-order chi connectivity index (χ1) is 9.84. The lowest BCUT2D eigenvalue weighted by molar-refractivity contribution is 0.569. The van der Waals surface area contributed by atoms with E-state index in [0.29, 0.717) is 10.0 Å². The summed E-state index contributed by atoms with van der Waals surface area (Å²) in [6.07, 6.45) is 0. The van der Waals surface area contributed by atoms with Gasteiger partial charge in [0.1, 0.15) is 5.82 Å². The van der Waals surface area contributed by atoms with E-state index >= 15 is 0 Å². The summed E-state index contributed by atoms with van der Waals surface area (Å²) in [7, 11) is 1.85. The van der Waals surface area contributed by atoms with Crippen LogP contribution in [0.15, 0.2) is 46.9 Å². The summed E-state index contributed by atoms with van der Waals surface area (Å²) in [5, 5.41) is 3.20. The van der Waals surface area contributed by atoms with Crippen molar-refractivity contribution >= 4 is 15.9 Å². The summed E-state index contributed by atoms with van der Waals surface area (Å²) >= 11 is 3.25. The zero-order chi connectivity index (χ0) is 15.6. The molecule has 0 aliphatic carbocycles. The first-order valence-corrected chi connectivity index (χ1v) is 7.85. The molecular weight excluding hydrogens is 329 g/mol. The monoisotopic (exact) mass is 349 g/mol. The third-order valence-corrected chi connectivity index (χ3v) is 4.30. The van der Waals surface area contributed by atoms with Crippen LogP contribution in [0.2, 0.25) is 0 Å². The second-order valence-electron chi connectivity index (χ2n) is 6.24. The van der Waals surface area contributed by atoms with Crippen molar-refractivity contribution in [1.29, 1.82) is 0 Å². The summed E-state index contributed by atoms with van der Waals surface area (Å²) in [6, 6.07) is 13.6. The SMILES string of the molecule is CNC(c1ccc(C(C)(C)C)cc1)c1cccc(Br)c1F. The molecule has 0 aromatic heterocycles. The van der Waals surface area contributed by atoms with Crippen LogP contribution in [-0.2, 0) is 5.41 Å². The Balaban J connectivity index is 2.40. The van der Waals surface area contributed by atoms with Crippen molar-refractivity contribution in [2.24, 2.45) is 0 Å². The van der Waals surface area contributed by atoms with Crippen molar-refractivity contribution in [1.82, 2.24) is 5.32 Å². The molecule has 0 heterocycles. The highest BCUT2D eigenvalue weighted by molar-refractivity contribution is 9.10. The zero-order valence-electron chi connectivity index (χ0n) is 12.9. The lowest BCUT2D eigenvalue weighted by atomic mass is 9.86. The normalized spacial score (nSPS) is 13.2. The molecule has 112 valence electrons. The van der Waals surface area contributed by atoms with Gasteiger partial charge in [-0.25, -0.2) is 4.39 Å². The van der Waals surface area contributed by atoms with Gasteiger partial charge in [0.2, 0.25) is 0 Å². The molecule has 1 nitrogen and oxygen atoms in total. The molecule has 21 heavy (non-hydrogen) atoms. The van der Waals surface area contributed by atoms with E-state index in [1.54, 1.807) is 6.07 Å². The molecule has 0 spiro atoms. The van der Waals surface area contributed by atoms with Gasteiger partial charge < -0.3 is 5.32 Å². The molecule has 3 heteroatoms. The van der Waals surface area contributed by atoms with Gasteiger partial charge in [0.25, 0.3) is 0 Å². The van der Waals surface area contributed by atoms with Gasteiger partial charge >= 0.3 is 0 Å². The Labute approximate surface area is 134 Å². The fourth-order valence-electron chi connectivity index (χ4n) is 2.42. The van der Waals surface area contributed by atoms with Crippen molar-refractivity contribution in [3.05, 3.63) is 69.4 Å². The molecule has 2 aromatic rings. The minimum atomic E-state index is -0.211. The van der Waals surface area contributed by atoms with E-state index in [4.69, 9.17) is 0 Å². The van der Waals surface area contributed by atoms with E-state index in [2.05, 4.69) is 66.3 Å². The van der Waals surface area contributed by atoms with Crippen LogP contribution >= 0.6 is 15.9 Å². The maximum absolute atomic E-state index is 14.3. The van der Waals surface area contributed by atoms with Gasteiger partial charge in [-0.3, -0.25) is 0 Å². The Hall–Kier alpha value is -1.19. The Morgan fingerprint density at radius 2 is 1.67 bits per heavy atom. The molecule has 2 aromatic carbocycles. The maximum atomic E-state index is 14.3. The number of hydrogen-bond donors (Lipinski definition) is 1. The predicted octanol–water partition coefficient (Wildman–Crippen LogP) is 5.19. The molecular formula is C18H21BrFN. The molecule has 0 saturated carbocycles. The van der Waals surface area contributed by atoms with Crippen LogP contribution in [-0.4, -0.2) is 7.05 Å². The largest absolute Gasteiger partial charge is 0.309 e. The lowest BCUT2D eigenvalue weighted by Gasteiger charge is -2.22. The van der Waals surface area contributed by atoms with Crippen molar-refractivity contribution in [3.8, 4) is 0 Å². The van der Waals surface area contributed by atoms with E-state index in [1.807, 2.05) is 19.2 Å². The van der Waals surface area contributed by atoms with Gasteiger partial charge in [-0.05, 0) is 45.6 Å². The highest BCUT2D eigenvalue weighted by Crippen LogP contribution is 2.30. The molecule has 0 radical (unpaired) electrons. The number of benzene rings is 2. The van der Waals surface area contributed by atoms with Crippen LogP contribution in [0, 0.1) is 5.82 Å². The van der Waals surface area contributed by atoms with Gasteiger partial charge in [0, 0.05) is 5.56 Å². The summed E-state index contributed by atoms with van der Waals surface area (Å²) < 4.78 is 14.8. The van der Waals surface area contributed by atoms with Crippen molar-refractivity contribution in [2.45, 2.75) is 32.2 Å². The average molecular weight is 350 g/mol. The van der Waals surface area contributed by atoms with Gasteiger partial charge in [-0.2, -0.15) is 0 Å². The Morgan fingerprint density at radius 3 is 2.19 bits per heavy atom. The fourth-order valence-corrected chi connectivity index (χ4v) is 2.80. The first kappa shape index (κ1) is 16.2. The second-order valence-corrected chi connectivity index (χ2v) is 7.09. The van der Waals surface area contributed by atoms with Crippen LogP contribution in [0.25, 0.3) is 0 Å². The number of hydrogen-bond acceptors (Lipinski definition) is 1. The Morgan fingerprint density at radius 1 is 1.05 bits per heavy atom. The second kappa shape index (κ2) is 6.29. The van der Waals surface area contributed by atoms with Gasteiger partial charge in [-0.15, -0.1) is 0 Å². The molecule has 0 amide bonds. The quantitative estimate of drug-likeness (QED) is 0.803. The molecule has 1 unspecified atom stereocenters. The number of nitrogens with one attached hydrogen (secondary N) is 1. The molecule has 2 rings (SSSR count). The molecule has 0 aliphatic rings. The molecule has 0 saturated heterocycles. The first-order valence-electron chi connectivity index (χ1n) is 7.06. The predicted molar refractivity (Wildman–Crippen MR) is 90.1 cm³/mol. The highest BCUT2D eigenvalue weighted by Gasteiger charge is 2.19. The third-order valence-electron chi connectivity index (χ3n) is 3.69. The van der Waals surface area contributed by atoms with Crippen LogP contribution < -0.4 is 5.32 Å². The Bertz CT molecular complexity index is 614. The van der Waals surface area contributed by atoms with E-state index in [-0.39, 0.29) is 17.3 Å². The fraction of sp³-hybridized carbons (Fsp3) is 0.333. The Kier molecular flexibility index (Phi) is 4.84. The van der Waals surface area contributed by atoms with Crippen LogP contribution in [0.1, 0.15) is 43.5 Å². The standard InChI is InChI=1S/C18H21BrFN/c1-18(2,3)13-10-8-12(9-11-13)17(21-4)14-6-5-7-15(19)16(14)20/h5-11,17,21H,1-4H3. The summed E-state index contributed by atoms with van der Waals surface area (Å²) in [5.74, 6) is -0.211. The van der Waals surface area contributed by atoms with Crippen LogP contribution in [0.4, 0.5) is 4.39 Å². The summed E-state index contributed by atoms with van der Waals surface area (Å²) in [4.78, 5) is 0. The van der Waals surface area contributed by atoms with Gasteiger partial charge in [-0.1, -0.05) is 57.2 Å². The van der Waals surface area contributed by atoms with Crippen molar-refractivity contribution in [2.75, 3.05) is 7.05 Å². The average Bonchev–Trinajstić information content (AvgIpc) is 2.44. The van der Waals surface area contributed by atoms with Gasteiger partial charge in [0.15, 0.2) is 0 Å². The number of halogens is 2. The lowest BCUT2D eigenvalue weighted by Crippen LogP contribution is -2.19. The highest BCUT2D eigenvalue weighted by atomic mass is 79.9. The molecule has 0 fully saturated rings. The van der Waals surface area contributed by atoms with Crippen molar-refractivity contribution in [3.63, 3.8) is 0 Å². The zero-order valence-corrected chi connectivity index (χ0v) is 14.5. The minimum absolute atomic E-state index is 0.120. The van der Waals surface area contributed by atoms with Crippen LogP contribution in [0.5, 0.6) is 0 Å². The molecule has 1 N–H and O–H groups in total. The minimum Gasteiger partial charge on any atom is -0.309 e. The maximum Gasteiger partial charge on any atom is 0.142 e. The molecule has 1 atom stereocenters. The van der Waals surface area contributed by atoms with E-state index in [9.17, 15) is 4.39 Å². The smallest absolute Gasteiger partial charge is 0.142 e. The third kappa shape index (κ3) is 3.53. The van der Waals surface area contributed by atoms with E-state index in [1.165, 1.54) is 5.56 Å². The topological polar surface area (TPSA) is 12.0 Å². The summed E-state index contributed by atoms with van der Waals surface area (Å²) in [6.45, 7) is 6.56. The van der Waals surface area contributed by atoms with E-state index in [0.717, 1.165) is 5.56 Å². The summed E-state index contributed by atoms with van der Waals surface area (Å²) in [5.41, 5.74) is 3.10.